The van der Waals surface area contributed by atoms with Gasteiger partial charge in [-0.3, -0.25) is 9.89 Å². The molecule has 0 fully saturated rings. The first-order chi connectivity index (χ1) is 16.1. The number of aryl methyl sites for hydroxylation is 1. The number of fused-ring (bicyclic) bond motifs is 1. The molecule has 0 unspecified atom stereocenters. The largest absolute Gasteiger partial charge is 0.326 e. The van der Waals surface area contributed by atoms with Crippen molar-refractivity contribution in [2.24, 2.45) is 0 Å². The van der Waals surface area contributed by atoms with E-state index in [9.17, 15) is 13.2 Å². The van der Waals surface area contributed by atoms with Crippen LogP contribution in [0.5, 0.6) is 0 Å². The number of sulfone groups is 1. The Kier molecular flexibility index (Phi) is 6.54. The van der Waals surface area contributed by atoms with Crippen LogP contribution in [0, 0.1) is 6.92 Å². The minimum absolute atomic E-state index is 0.105. The number of amides is 1. The zero-order valence-corrected chi connectivity index (χ0v) is 20.5. The number of nitrogens with one attached hydrogen (secondary N) is 2. The third-order valence-electron chi connectivity index (χ3n) is 5.69. The Morgan fingerprint density at radius 2 is 1.79 bits per heavy atom. The van der Waals surface area contributed by atoms with Crippen LogP contribution in [-0.2, 0) is 27.6 Å². The van der Waals surface area contributed by atoms with E-state index in [2.05, 4.69) is 15.5 Å². The predicted octanol–water partition coefficient (Wildman–Crippen LogP) is 4.18. The number of hydrogen-bond acceptors (Lipinski definition) is 5. The van der Waals surface area contributed by atoms with Crippen molar-refractivity contribution in [1.82, 2.24) is 15.1 Å². The maximum atomic E-state index is 12.6. The van der Waals surface area contributed by atoms with E-state index in [1.165, 1.54) is 6.26 Å². The van der Waals surface area contributed by atoms with E-state index in [1.807, 2.05) is 80.5 Å². The molecule has 4 rings (SSSR count). The summed E-state index contributed by atoms with van der Waals surface area (Å²) in [6.45, 7) is 2.50. The molecule has 8 heteroatoms. The molecule has 1 heterocycles. The van der Waals surface area contributed by atoms with E-state index >= 15 is 0 Å². The van der Waals surface area contributed by atoms with Gasteiger partial charge >= 0.3 is 0 Å². The second-order valence-electron chi connectivity index (χ2n) is 8.82. The third kappa shape index (κ3) is 5.18. The van der Waals surface area contributed by atoms with E-state index in [1.54, 1.807) is 6.07 Å². The number of anilines is 1. The van der Waals surface area contributed by atoms with E-state index in [0.29, 0.717) is 23.5 Å². The van der Waals surface area contributed by atoms with Gasteiger partial charge in [0.15, 0.2) is 9.84 Å². The molecule has 0 bridgehead atoms. The molecule has 0 atom stereocenters. The molecule has 176 valence electrons. The fourth-order valence-corrected chi connectivity index (χ4v) is 4.97. The number of aromatic amines is 1. The molecular weight excluding hydrogens is 448 g/mol. The summed E-state index contributed by atoms with van der Waals surface area (Å²) in [6, 6.07) is 18.7. The van der Waals surface area contributed by atoms with Gasteiger partial charge in [-0.2, -0.15) is 5.10 Å². The molecule has 2 N–H and O–H groups in total. The van der Waals surface area contributed by atoms with Gasteiger partial charge in [0.25, 0.3) is 0 Å². The van der Waals surface area contributed by atoms with Crippen molar-refractivity contribution in [3.8, 4) is 11.3 Å². The Labute approximate surface area is 199 Å². The van der Waals surface area contributed by atoms with Gasteiger partial charge < -0.3 is 10.2 Å². The molecule has 0 spiro atoms. The van der Waals surface area contributed by atoms with Crippen LogP contribution < -0.4 is 5.32 Å². The molecule has 4 aromatic rings. The van der Waals surface area contributed by atoms with Crippen molar-refractivity contribution in [2.45, 2.75) is 24.8 Å². The summed E-state index contributed by atoms with van der Waals surface area (Å²) in [5, 5.41) is 11.2. The van der Waals surface area contributed by atoms with Crippen molar-refractivity contribution >= 4 is 32.3 Å². The zero-order chi connectivity index (χ0) is 24.5. The maximum absolute atomic E-state index is 12.6. The molecule has 34 heavy (non-hydrogen) atoms. The smallest absolute Gasteiger partial charge is 0.228 e. The summed E-state index contributed by atoms with van der Waals surface area (Å²) >= 11 is 0. The van der Waals surface area contributed by atoms with Gasteiger partial charge in [-0.05, 0) is 62.0 Å². The fraction of sp³-hybridized carbons (Fsp3) is 0.231. The topological polar surface area (TPSA) is 95.2 Å². The van der Waals surface area contributed by atoms with Gasteiger partial charge in [-0.15, -0.1) is 0 Å². The minimum Gasteiger partial charge on any atom is -0.326 e. The van der Waals surface area contributed by atoms with Crippen molar-refractivity contribution in [3.63, 3.8) is 0 Å². The number of benzene rings is 3. The van der Waals surface area contributed by atoms with Crippen molar-refractivity contribution in [3.05, 3.63) is 77.4 Å². The highest BCUT2D eigenvalue weighted by molar-refractivity contribution is 7.90. The van der Waals surface area contributed by atoms with Gasteiger partial charge in [0.05, 0.1) is 16.8 Å². The quantitative estimate of drug-likeness (QED) is 0.417. The zero-order valence-electron chi connectivity index (χ0n) is 19.7. The van der Waals surface area contributed by atoms with Crippen molar-refractivity contribution in [2.75, 3.05) is 25.7 Å². The second-order valence-corrected chi connectivity index (χ2v) is 10.8. The van der Waals surface area contributed by atoms with E-state index in [0.717, 1.165) is 27.6 Å². The molecular formula is C26H28N4O3S. The molecule has 0 aliphatic heterocycles. The van der Waals surface area contributed by atoms with Crippen LogP contribution in [0.2, 0.25) is 0 Å². The summed E-state index contributed by atoms with van der Waals surface area (Å²) in [4.78, 5) is 14.9. The standard InChI is InChI=1S/C26H28N4O3S/c1-17-7-5-6-8-18(17)14-25(31)27-21-11-12-23-22(15-21)26(29-28-23)19-9-10-20(16-30(2)3)24(13-19)34(4,32)33/h5-13,15H,14,16H2,1-4H3,(H,27,31)(H,28,29). The summed E-state index contributed by atoms with van der Waals surface area (Å²) in [5.74, 6) is -0.105. The van der Waals surface area contributed by atoms with E-state index < -0.39 is 9.84 Å². The summed E-state index contributed by atoms with van der Waals surface area (Å²) in [7, 11) is 0.373. The molecule has 3 aromatic carbocycles. The molecule has 0 saturated carbocycles. The average molecular weight is 477 g/mol. The van der Waals surface area contributed by atoms with Gasteiger partial charge in [-0.25, -0.2) is 8.42 Å². The van der Waals surface area contributed by atoms with Gasteiger partial charge in [0, 0.05) is 29.4 Å². The Morgan fingerprint density at radius 3 is 2.50 bits per heavy atom. The number of rotatable bonds is 7. The van der Waals surface area contributed by atoms with Crippen LogP contribution in [-0.4, -0.2) is 49.8 Å². The molecule has 0 radical (unpaired) electrons. The predicted molar refractivity (Wildman–Crippen MR) is 136 cm³/mol. The van der Waals surface area contributed by atoms with Gasteiger partial charge in [-0.1, -0.05) is 36.4 Å². The van der Waals surface area contributed by atoms with Crippen LogP contribution in [0.25, 0.3) is 22.2 Å². The first-order valence-electron chi connectivity index (χ1n) is 10.9. The first-order valence-corrected chi connectivity index (χ1v) is 12.8. The minimum atomic E-state index is -3.42. The van der Waals surface area contributed by atoms with E-state index in [4.69, 9.17) is 0 Å². The third-order valence-corrected chi connectivity index (χ3v) is 6.86. The average Bonchev–Trinajstić information content (AvgIpc) is 3.18. The number of carbonyl (C=O) groups excluding carboxylic acids is 1. The lowest BCUT2D eigenvalue weighted by Gasteiger charge is -2.14. The number of carbonyl (C=O) groups is 1. The van der Waals surface area contributed by atoms with E-state index in [-0.39, 0.29) is 17.2 Å². The first kappa shape index (κ1) is 23.7. The maximum Gasteiger partial charge on any atom is 0.228 e. The van der Waals surface area contributed by atoms with Crippen LogP contribution in [0.3, 0.4) is 0 Å². The molecule has 0 saturated heterocycles. The highest BCUT2D eigenvalue weighted by atomic mass is 32.2. The SMILES string of the molecule is Cc1ccccc1CC(=O)Nc1ccc2[nH]nc(-c3ccc(CN(C)C)c(S(C)(=O)=O)c3)c2c1. The van der Waals surface area contributed by atoms with Crippen molar-refractivity contribution < 1.29 is 13.2 Å². The highest BCUT2D eigenvalue weighted by Crippen LogP contribution is 2.31. The molecule has 0 aliphatic rings. The van der Waals surface area contributed by atoms with Crippen LogP contribution in [0.15, 0.2) is 65.6 Å². The van der Waals surface area contributed by atoms with Crippen LogP contribution in [0.1, 0.15) is 16.7 Å². The Hall–Kier alpha value is -3.49. The summed E-state index contributed by atoms with van der Waals surface area (Å²) in [5.41, 5.74) is 5.57. The fourth-order valence-electron chi connectivity index (χ4n) is 4.02. The lowest BCUT2D eigenvalue weighted by molar-refractivity contribution is -0.115. The summed E-state index contributed by atoms with van der Waals surface area (Å²) < 4.78 is 25.0. The Bertz CT molecular complexity index is 1470. The van der Waals surface area contributed by atoms with Gasteiger partial charge in [0.1, 0.15) is 5.69 Å². The Morgan fingerprint density at radius 1 is 1.03 bits per heavy atom. The number of aromatic nitrogens is 2. The number of H-pyrrole nitrogens is 1. The van der Waals surface area contributed by atoms with Crippen molar-refractivity contribution in [1.29, 1.82) is 0 Å². The second kappa shape index (κ2) is 9.40. The molecule has 7 nitrogen and oxygen atoms in total. The summed E-state index contributed by atoms with van der Waals surface area (Å²) in [6.07, 6.45) is 1.50. The molecule has 0 aliphatic carbocycles. The lowest BCUT2D eigenvalue weighted by Crippen LogP contribution is -2.15. The van der Waals surface area contributed by atoms with Crippen LogP contribution in [0.4, 0.5) is 5.69 Å². The number of nitrogens with zero attached hydrogens (tertiary/aromatic N) is 2. The normalized spacial score (nSPS) is 11.8. The highest BCUT2D eigenvalue weighted by Gasteiger charge is 2.18. The Balaban J connectivity index is 1.66. The monoisotopic (exact) mass is 476 g/mol. The molecule has 1 amide bonds. The van der Waals surface area contributed by atoms with Gasteiger partial charge in [0.2, 0.25) is 5.91 Å². The molecule has 1 aromatic heterocycles. The number of hydrogen-bond donors (Lipinski definition) is 2. The van der Waals surface area contributed by atoms with Crippen LogP contribution >= 0.6 is 0 Å². The lowest BCUT2D eigenvalue weighted by atomic mass is 10.0.